The molecule has 0 bridgehead atoms. The number of nitrogens with zero attached hydrogens (tertiary/aromatic N) is 1. The van der Waals surface area contributed by atoms with Crippen LogP contribution in [0.25, 0.3) is 0 Å². The first-order chi connectivity index (χ1) is 10.3. The zero-order valence-electron chi connectivity index (χ0n) is 13.4. The third-order valence-electron chi connectivity index (χ3n) is 3.73. The zero-order valence-corrected chi connectivity index (χ0v) is 14.2. The number of hydrogen-bond donors (Lipinski definition) is 1. The molecule has 1 aromatic rings. The lowest BCUT2D eigenvalue weighted by molar-refractivity contribution is -0.121. The van der Waals surface area contributed by atoms with Gasteiger partial charge in [-0.3, -0.25) is 9.10 Å². The van der Waals surface area contributed by atoms with E-state index in [-0.39, 0.29) is 18.9 Å². The minimum Gasteiger partial charge on any atom is -0.353 e. The number of rotatable bonds is 7. The van der Waals surface area contributed by atoms with Crippen molar-refractivity contribution in [3.63, 3.8) is 0 Å². The molecule has 0 spiro atoms. The van der Waals surface area contributed by atoms with E-state index in [1.807, 2.05) is 12.1 Å². The summed E-state index contributed by atoms with van der Waals surface area (Å²) in [6.45, 7) is 4.34. The summed E-state index contributed by atoms with van der Waals surface area (Å²) in [6.07, 6.45) is 3.40. The molecular formula is C16H24N2O3S. The number of hydrogen-bond acceptors (Lipinski definition) is 3. The van der Waals surface area contributed by atoms with Gasteiger partial charge in [-0.2, -0.15) is 0 Å². The van der Waals surface area contributed by atoms with Crippen LogP contribution in [0.4, 0.5) is 5.69 Å². The number of anilines is 1. The van der Waals surface area contributed by atoms with Crippen molar-refractivity contribution in [3.05, 3.63) is 29.8 Å². The number of carbonyl (C=O) groups is 1. The van der Waals surface area contributed by atoms with Crippen molar-refractivity contribution >= 4 is 21.6 Å². The molecule has 1 aliphatic rings. The summed E-state index contributed by atoms with van der Waals surface area (Å²) >= 11 is 0. The first kappa shape index (κ1) is 16.8. The van der Waals surface area contributed by atoms with E-state index < -0.39 is 10.0 Å². The van der Waals surface area contributed by atoms with E-state index in [2.05, 4.69) is 19.2 Å². The fourth-order valence-electron chi connectivity index (χ4n) is 2.24. The molecule has 0 heterocycles. The average molecular weight is 324 g/mol. The molecule has 0 unspecified atom stereocenters. The molecule has 5 nitrogen and oxygen atoms in total. The summed E-state index contributed by atoms with van der Waals surface area (Å²) in [6, 6.07) is 7.76. The van der Waals surface area contributed by atoms with E-state index in [9.17, 15) is 13.2 Å². The topological polar surface area (TPSA) is 66.5 Å². The molecule has 1 N–H and O–H groups in total. The lowest BCUT2D eigenvalue weighted by Crippen LogP contribution is -2.35. The van der Waals surface area contributed by atoms with Crippen molar-refractivity contribution in [1.82, 2.24) is 5.32 Å². The van der Waals surface area contributed by atoms with Gasteiger partial charge >= 0.3 is 0 Å². The lowest BCUT2D eigenvalue weighted by atomic mass is 10.0. The van der Waals surface area contributed by atoms with Gasteiger partial charge in [-0.05, 0) is 36.5 Å². The smallest absolute Gasteiger partial charge is 0.232 e. The number of benzene rings is 1. The second-order valence-corrected chi connectivity index (χ2v) is 8.08. The first-order valence-corrected chi connectivity index (χ1v) is 9.49. The average Bonchev–Trinajstić information content (AvgIpc) is 3.21. The van der Waals surface area contributed by atoms with E-state index in [0.717, 1.165) is 18.4 Å². The summed E-state index contributed by atoms with van der Waals surface area (Å²) in [4.78, 5) is 11.8. The largest absolute Gasteiger partial charge is 0.353 e. The van der Waals surface area contributed by atoms with Gasteiger partial charge < -0.3 is 5.32 Å². The summed E-state index contributed by atoms with van der Waals surface area (Å²) in [5, 5.41) is 2.88. The van der Waals surface area contributed by atoms with Crippen LogP contribution in [0, 0.1) is 0 Å². The molecule has 0 atom stereocenters. The van der Waals surface area contributed by atoms with Crippen LogP contribution in [-0.2, 0) is 14.8 Å². The summed E-state index contributed by atoms with van der Waals surface area (Å²) in [7, 11) is -3.41. The second-order valence-electron chi connectivity index (χ2n) is 6.17. The number of amides is 1. The Bertz CT molecular complexity index is 619. The fraction of sp³-hybridized carbons (Fsp3) is 0.562. The van der Waals surface area contributed by atoms with Crippen molar-refractivity contribution < 1.29 is 13.2 Å². The minimum absolute atomic E-state index is 0.0880. The van der Waals surface area contributed by atoms with Gasteiger partial charge in [-0.15, -0.1) is 0 Å². The van der Waals surface area contributed by atoms with Crippen molar-refractivity contribution in [2.75, 3.05) is 17.1 Å². The normalized spacial score (nSPS) is 14.9. The van der Waals surface area contributed by atoms with Crippen LogP contribution in [0.2, 0.25) is 0 Å². The Balaban J connectivity index is 2.06. The predicted octanol–water partition coefficient (Wildman–Crippen LogP) is 2.24. The maximum Gasteiger partial charge on any atom is 0.232 e. The lowest BCUT2D eigenvalue weighted by Gasteiger charge is -2.22. The monoisotopic (exact) mass is 324 g/mol. The Morgan fingerprint density at radius 3 is 2.32 bits per heavy atom. The highest BCUT2D eigenvalue weighted by Gasteiger charge is 2.24. The SMILES string of the molecule is CC(C)c1ccc(N(CCC(=O)NC2CC2)S(C)(=O)=O)cc1. The van der Waals surface area contributed by atoms with Crippen LogP contribution < -0.4 is 9.62 Å². The molecular weight excluding hydrogens is 300 g/mol. The Morgan fingerprint density at radius 2 is 1.86 bits per heavy atom. The number of nitrogens with one attached hydrogen (secondary N) is 1. The molecule has 122 valence electrons. The van der Waals surface area contributed by atoms with Gasteiger partial charge in [0.2, 0.25) is 15.9 Å². The molecule has 0 aliphatic heterocycles. The fourth-order valence-corrected chi connectivity index (χ4v) is 3.17. The van der Waals surface area contributed by atoms with Crippen molar-refractivity contribution in [2.45, 2.75) is 45.1 Å². The number of sulfonamides is 1. The van der Waals surface area contributed by atoms with Gasteiger partial charge in [0.15, 0.2) is 0 Å². The Morgan fingerprint density at radius 1 is 1.27 bits per heavy atom. The van der Waals surface area contributed by atoms with Gasteiger partial charge in [0.25, 0.3) is 0 Å². The van der Waals surface area contributed by atoms with Crippen LogP contribution >= 0.6 is 0 Å². The molecule has 0 radical (unpaired) electrons. The summed E-state index contributed by atoms with van der Waals surface area (Å²) < 4.78 is 25.3. The zero-order chi connectivity index (χ0) is 16.3. The van der Waals surface area contributed by atoms with E-state index in [1.54, 1.807) is 12.1 Å². The molecule has 1 fully saturated rings. The van der Waals surface area contributed by atoms with Crippen LogP contribution in [0.1, 0.15) is 44.6 Å². The maximum absolute atomic E-state index is 12.0. The quantitative estimate of drug-likeness (QED) is 0.836. The minimum atomic E-state index is -3.41. The molecule has 22 heavy (non-hydrogen) atoms. The van der Waals surface area contributed by atoms with Crippen molar-refractivity contribution in [2.24, 2.45) is 0 Å². The van der Waals surface area contributed by atoms with Crippen molar-refractivity contribution in [1.29, 1.82) is 0 Å². The molecule has 1 saturated carbocycles. The highest BCUT2D eigenvalue weighted by molar-refractivity contribution is 7.92. The molecule has 0 aromatic heterocycles. The summed E-state index contributed by atoms with van der Waals surface area (Å²) in [5.74, 6) is 0.306. The molecule has 1 aliphatic carbocycles. The third kappa shape index (κ3) is 4.73. The molecule has 2 rings (SSSR count). The molecule has 6 heteroatoms. The Hall–Kier alpha value is -1.56. The Labute approximate surface area is 132 Å². The van der Waals surface area contributed by atoms with Gasteiger partial charge in [-0.25, -0.2) is 8.42 Å². The molecule has 0 saturated heterocycles. The van der Waals surface area contributed by atoms with Crippen LogP contribution in [-0.4, -0.2) is 33.2 Å². The highest BCUT2D eigenvalue weighted by atomic mass is 32.2. The van der Waals surface area contributed by atoms with Gasteiger partial charge in [0.05, 0.1) is 11.9 Å². The van der Waals surface area contributed by atoms with E-state index in [4.69, 9.17) is 0 Å². The van der Waals surface area contributed by atoms with E-state index in [1.165, 1.54) is 10.6 Å². The molecule has 1 amide bonds. The van der Waals surface area contributed by atoms with Crippen LogP contribution in [0.3, 0.4) is 0 Å². The van der Waals surface area contributed by atoms with Crippen molar-refractivity contribution in [3.8, 4) is 0 Å². The number of carbonyl (C=O) groups excluding carboxylic acids is 1. The van der Waals surface area contributed by atoms with Gasteiger partial charge in [0.1, 0.15) is 0 Å². The summed E-state index contributed by atoms with van der Waals surface area (Å²) in [5.41, 5.74) is 1.76. The molecule has 1 aromatic carbocycles. The highest BCUT2D eigenvalue weighted by Crippen LogP contribution is 2.22. The van der Waals surface area contributed by atoms with Crippen LogP contribution in [0.5, 0.6) is 0 Å². The first-order valence-electron chi connectivity index (χ1n) is 7.64. The second kappa shape index (κ2) is 6.69. The van der Waals surface area contributed by atoms with E-state index >= 15 is 0 Å². The predicted molar refractivity (Wildman–Crippen MR) is 88.5 cm³/mol. The third-order valence-corrected chi connectivity index (χ3v) is 4.93. The van der Waals surface area contributed by atoms with E-state index in [0.29, 0.717) is 17.6 Å². The Kier molecular flexibility index (Phi) is 5.11. The maximum atomic E-state index is 12.0. The standard InChI is InChI=1S/C16H24N2O3S/c1-12(2)13-4-8-15(9-5-13)18(22(3,20)21)11-10-16(19)17-14-6-7-14/h4-5,8-9,12,14H,6-7,10-11H2,1-3H3,(H,17,19). The van der Waals surface area contributed by atoms with Gasteiger partial charge in [0, 0.05) is 19.0 Å². The van der Waals surface area contributed by atoms with Crippen LogP contribution in [0.15, 0.2) is 24.3 Å². The van der Waals surface area contributed by atoms with Gasteiger partial charge in [-0.1, -0.05) is 26.0 Å².